The van der Waals surface area contributed by atoms with Crippen LogP contribution in [0.15, 0.2) is 66.9 Å². The topological polar surface area (TPSA) is 80.3 Å². The molecule has 3 aromatic rings. The molecule has 6 nitrogen and oxygen atoms in total. The Balaban J connectivity index is 1.58. The molecule has 0 aliphatic heterocycles. The molecule has 0 aliphatic carbocycles. The van der Waals surface area contributed by atoms with Crippen molar-refractivity contribution in [2.75, 3.05) is 12.4 Å². The highest BCUT2D eigenvalue weighted by atomic mass is 16.5. The van der Waals surface area contributed by atoms with Crippen molar-refractivity contribution in [2.24, 2.45) is 0 Å². The normalized spacial score (nSPS) is 10.2. The van der Waals surface area contributed by atoms with Crippen LogP contribution < -0.4 is 10.6 Å². The van der Waals surface area contributed by atoms with Gasteiger partial charge in [-0.05, 0) is 48.9 Å². The fraction of sp³-hybridized carbons (Fsp3) is 0.136. The molecule has 28 heavy (non-hydrogen) atoms. The van der Waals surface area contributed by atoms with Crippen LogP contribution in [0.25, 0.3) is 0 Å². The smallest absolute Gasteiger partial charge is 0.337 e. The molecule has 0 fully saturated rings. The van der Waals surface area contributed by atoms with Crippen LogP contribution in [0.5, 0.6) is 0 Å². The minimum atomic E-state index is -0.380. The second-order valence-electron chi connectivity index (χ2n) is 6.30. The zero-order valence-electron chi connectivity index (χ0n) is 15.7. The first kappa shape index (κ1) is 19.1. The van der Waals surface area contributed by atoms with Gasteiger partial charge in [0.25, 0.3) is 5.91 Å². The van der Waals surface area contributed by atoms with Crippen LogP contribution in [-0.2, 0) is 11.3 Å². The lowest BCUT2D eigenvalue weighted by Gasteiger charge is -2.08. The van der Waals surface area contributed by atoms with E-state index in [1.54, 1.807) is 42.6 Å². The summed E-state index contributed by atoms with van der Waals surface area (Å²) in [6, 6.07) is 18.3. The molecule has 1 heterocycles. The maximum atomic E-state index is 12.3. The Morgan fingerprint density at radius 2 is 1.75 bits per heavy atom. The Morgan fingerprint density at radius 3 is 2.39 bits per heavy atom. The van der Waals surface area contributed by atoms with Crippen molar-refractivity contribution in [3.63, 3.8) is 0 Å². The summed E-state index contributed by atoms with van der Waals surface area (Å²) < 4.78 is 4.68. The van der Waals surface area contributed by atoms with Crippen LogP contribution in [0.3, 0.4) is 0 Å². The second kappa shape index (κ2) is 8.81. The number of aromatic nitrogens is 1. The highest BCUT2D eigenvalue weighted by Gasteiger charge is 2.08. The van der Waals surface area contributed by atoms with Gasteiger partial charge in [0.05, 0.1) is 24.6 Å². The van der Waals surface area contributed by atoms with Crippen molar-refractivity contribution in [3.8, 4) is 0 Å². The lowest BCUT2D eigenvalue weighted by molar-refractivity contribution is 0.0600. The van der Waals surface area contributed by atoms with Crippen molar-refractivity contribution >= 4 is 23.3 Å². The number of aryl methyl sites for hydroxylation is 1. The standard InChI is InChI=1S/C22H21N3O3/c1-15-4-3-5-16(12-15)13-24-21(26)20-11-10-19(14-23-20)25-18-8-6-17(7-9-18)22(27)28-2/h3-12,14,25H,13H2,1-2H3,(H,24,26). The van der Waals surface area contributed by atoms with E-state index in [9.17, 15) is 9.59 Å². The van der Waals surface area contributed by atoms with Gasteiger partial charge in [-0.2, -0.15) is 0 Å². The molecule has 2 N–H and O–H groups in total. The van der Waals surface area contributed by atoms with Gasteiger partial charge in [-0.3, -0.25) is 4.79 Å². The molecule has 0 radical (unpaired) electrons. The van der Waals surface area contributed by atoms with E-state index < -0.39 is 0 Å². The quantitative estimate of drug-likeness (QED) is 0.640. The summed E-state index contributed by atoms with van der Waals surface area (Å²) in [5.41, 5.74) is 4.56. The molecule has 1 amide bonds. The maximum Gasteiger partial charge on any atom is 0.337 e. The molecular formula is C22H21N3O3. The number of methoxy groups -OCH3 is 1. The van der Waals surface area contributed by atoms with Gasteiger partial charge in [0, 0.05) is 12.2 Å². The summed E-state index contributed by atoms with van der Waals surface area (Å²) in [4.78, 5) is 27.9. The molecule has 3 rings (SSSR count). The number of anilines is 2. The number of nitrogens with one attached hydrogen (secondary N) is 2. The van der Waals surface area contributed by atoms with Gasteiger partial charge in [0.1, 0.15) is 5.69 Å². The zero-order chi connectivity index (χ0) is 19.9. The fourth-order valence-corrected chi connectivity index (χ4v) is 2.67. The minimum absolute atomic E-state index is 0.226. The molecule has 0 atom stereocenters. The summed E-state index contributed by atoms with van der Waals surface area (Å²) in [5.74, 6) is -0.607. The number of rotatable bonds is 6. The molecule has 0 saturated carbocycles. The molecule has 6 heteroatoms. The highest BCUT2D eigenvalue weighted by molar-refractivity contribution is 5.92. The first-order chi connectivity index (χ1) is 13.5. The number of pyridine rings is 1. The molecule has 0 bridgehead atoms. The Bertz CT molecular complexity index is 967. The first-order valence-corrected chi connectivity index (χ1v) is 8.80. The molecule has 1 aromatic heterocycles. The summed E-state index contributed by atoms with van der Waals surface area (Å²) in [6.45, 7) is 2.47. The van der Waals surface area contributed by atoms with Gasteiger partial charge in [0.15, 0.2) is 0 Å². The number of hydrogen-bond acceptors (Lipinski definition) is 5. The largest absolute Gasteiger partial charge is 0.465 e. The Morgan fingerprint density at radius 1 is 1.00 bits per heavy atom. The number of benzene rings is 2. The van der Waals surface area contributed by atoms with E-state index in [1.165, 1.54) is 7.11 Å². The fourth-order valence-electron chi connectivity index (χ4n) is 2.67. The number of nitrogens with zero attached hydrogens (tertiary/aromatic N) is 1. The average molecular weight is 375 g/mol. The van der Waals surface area contributed by atoms with E-state index in [-0.39, 0.29) is 11.9 Å². The summed E-state index contributed by atoms with van der Waals surface area (Å²) in [5, 5.41) is 6.04. The van der Waals surface area contributed by atoms with Gasteiger partial charge in [-0.25, -0.2) is 9.78 Å². The van der Waals surface area contributed by atoms with Crippen molar-refractivity contribution in [1.82, 2.24) is 10.3 Å². The third kappa shape index (κ3) is 4.94. The number of carbonyl (C=O) groups excluding carboxylic acids is 2. The van der Waals surface area contributed by atoms with Crippen LogP contribution in [-0.4, -0.2) is 24.0 Å². The number of carbonyl (C=O) groups is 2. The first-order valence-electron chi connectivity index (χ1n) is 8.80. The number of amides is 1. The Labute approximate surface area is 163 Å². The van der Waals surface area contributed by atoms with Gasteiger partial charge in [-0.15, -0.1) is 0 Å². The second-order valence-corrected chi connectivity index (χ2v) is 6.30. The third-order valence-electron chi connectivity index (χ3n) is 4.13. The lowest BCUT2D eigenvalue weighted by atomic mass is 10.1. The summed E-state index contributed by atoms with van der Waals surface area (Å²) in [6.07, 6.45) is 1.59. The minimum Gasteiger partial charge on any atom is -0.465 e. The van der Waals surface area contributed by atoms with Crippen LogP contribution in [0.1, 0.15) is 32.0 Å². The molecule has 0 spiro atoms. The number of ether oxygens (including phenoxy) is 1. The predicted octanol–water partition coefficient (Wildman–Crippen LogP) is 3.85. The third-order valence-corrected chi connectivity index (χ3v) is 4.13. The van der Waals surface area contributed by atoms with E-state index in [4.69, 9.17) is 0 Å². The van der Waals surface area contributed by atoms with Crippen molar-refractivity contribution in [2.45, 2.75) is 13.5 Å². The highest BCUT2D eigenvalue weighted by Crippen LogP contribution is 2.17. The molecule has 2 aromatic carbocycles. The monoisotopic (exact) mass is 375 g/mol. The van der Waals surface area contributed by atoms with Gasteiger partial charge < -0.3 is 15.4 Å². The van der Waals surface area contributed by atoms with E-state index in [2.05, 4.69) is 20.4 Å². The predicted molar refractivity (Wildman–Crippen MR) is 108 cm³/mol. The van der Waals surface area contributed by atoms with E-state index >= 15 is 0 Å². The zero-order valence-corrected chi connectivity index (χ0v) is 15.7. The molecule has 0 aliphatic rings. The Kier molecular flexibility index (Phi) is 6.01. The van der Waals surface area contributed by atoms with Crippen LogP contribution >= 0.6 is 0 Å². The summed E-state index contributed by atoms with van der Waals surface area (Å²) in [7, 11) is 1.35. The molecule has 142 valence electrons. The number of esters is 1. The van der Waals surface area contributed by atoms with Gasteiger partial charge >= 0.3 is 5.97 Å². The van der Waals surface area contributed by atoms with Gasteiger partial charge in [-0.1, -0.05) is 29.8 Å². The van der Waals surface area contributed by atoms with Crippen molar-refractivity contribution in [1.29, 1.82) is 0 Å². The number of hydrogen-bond donors (Lipinski definition) is 2. The van der Waals surface area contributed by atoms with Crippen LogP contribution in [0, 0.1) is 6.92 Å². The van der Waals surface area contributed by atoms with E-state index in [1.807, 2.05) is 31.2 Å². The Hall–Kier alpha value is -3.67. The van der Waals surface area contributed by atoms with Crippen molar-refractivity contribution < 1.29 is 14.3 Å². The van der Waals surface area contributed by atoms with Crippen LogP contribution in [0.2, 0.25) is 0 Å². The van der Waals surface area contributed by atoms with Gasteiger partial charge in [0.2, 0.25) is 0 Å². The maximum absolute atomic E-state index is 12.3. The van der Waals surface area contributed by atoms with E-state index in [0.717, 1.165) is 22.5 Å². The van der Waals surface area contributed by atoms with E-state index in [0.29, 0.717) is 17.8 Å². The SMILES string of the molecule is COC(=O)c1ccc(Nc2ccc(C(=O)NCc3cccc(C)c3)nc2)cc1. The summed E-state index contributed by atoms with van der Waals surface area (Å²) >= 11 is 0. The molecule has 0 unspecified atom stereocenters. The molecule has 0 saturated heterocycles. The average Bonchev–Trinajstić information content (AvgIpc) is 2.72. The molecular weight excluding hydrogens is 354 g/mol. The lowest BCUT2D eigenvalue weighted by Crippen LogP contribution is -2.23. The van der Waals surface area contributed by atoms with Crippen molar-refractivity contribution in [3.05, 3.63) is 89.2 Å². The van der Waals surface area contributed by atoms with Crippen LogP contribution in [0.4, 0.5) is 11.4 Å².